The van der Waals surface area contributed by atoms with E-state index >= 15 is 0 Å². The molecule has 1 aromatic heterocycles. The third-order valence-electron chi connectivity index (χ3n) is 4.24. The van der Waals surface area contributed by atoms with Crippen LogP contribution in [0.3, 0.4) is 0 Å². The molecule has 1 heterocycles. The fraction of sp³-hybridized carbons (Fsp3) is 0.429. The summed E-state index contributed by atoms with van der Waals surface area (Å²) in [7, 11) is 1.69. The van der Waals surface area contributed by atoms with Gasteiger partial charge in [-0.05, 0) is 56.0 Å². The molecule has 2 N–H and O–H groups in total. The van der Waals surface area contributed by atoms with Crippen molar-refractivity contribution in [1.82, 2.24) is 15.6 Å². The predicted molar refractivity (Wildman–Crippen MR) is 108 cm³/mol. The van der Waals surface area contributed by atoms with Crippen LogP contribution in [0.5, 0.6) is 5.75 Å². The number of nitrogens with one attached hydrogen (secondary N) is 2. The van der Waals surface area contributed by atoms with Crippen molar-refractivity contribution in [3.63, 3.8) is 0 Å². The number of nitrogens with zero attached hydrogens (tertiary/aromatic N) is 2. The summed E-state index contributed by atoms with van der Waals surface area (Å²) in [6.45, 7) is 8.58. The summed E-state index contributed by atoms with van der Waals surface area (Å²) >= 11 is 0. The van der Waals surface area contributed by atoms with Crippen LogP contribution in [0.25, 0.3) is 0 Å². The van der Waals surface area contributed by atoms with Crippen molar-refractivity contribution in [2.24, 2.45) is 4.99 Å². The largest absolute Gasteiger partial charge is 0.497 e. The van der Waals surface area contributed by atoms with Crippen LogP contribution < -0.4 is 15.4 Å². The topological polar surface area (TPSA) is 58.5 Å². The summed E-state index contributed by atoms with van der Waals surface area (Å²) < 4.78 is 5.22. The Morgan fingerprint density at radius 3 is 2.58 bits per heavy atom. The van der Waals surface area contributed by atoms with Crippen molar-refractivity contribution < 1.29 is 4.74 Å². The van der Waals surface area contributed by atoms with Crippen LogP contribution in [0.2, 0.25) is 0 Å². The number of hydrogen-bond acceptors (Lipinski definition) is 3. The van der Waals surface area contributed by atoms with E-state index in [-0.39, 0.29) is 0 Å². The first kappa shape index (κ1) is 19.8. The van der Waals surface area contributed by atoms with Gasteiger partial charge in [0.25, 0.3) is 0 Å². The predicted octanol–water partition coefficient (Wildman–Crippen LogP) is 3.65. The van der Waals surface area contributed by atoms with Crippen LogP contribution in [-0.2, 0) is 6.54 Å². The minimum Gasteiger partial charge on any atom is -0.497 e. The minimum absolute atomic E-state index is 0.467. The van der Waals surface area contributed by atoms with Gasteiger partial charge in [0.2, 0.25) is 0 Å². The normalized spacial score (nSPS) is 12.5. The van der Waals surface area contributed by atoms with Gasteiger partial charge in [-0.1, -0.05) is 25.1 Å². The molecule has 0 aliphatic heterocycles. The summed E-state index contributed by atoms with van der Waals surface area (Å²) in [4.78, 5) is 9.13. The first-order valence-corrected chi connectivity index (χ1v) is 9.21. The Morgan fingerprint density at radius 1 is 1.15 bits per heavy atom. The van der Waals surface area contributed by atoms with E-state index in [9.17, 15) is 0 Å². The third kappa shape index (κ3) is 6.39. The van der Waals surface area contributed by atoms with E-state index in [1.165, 1.54) is 5.56 Å². The zero-order valence-electron chi connectivity index (χ0n) is 16.2. The second kappa shape index (κ2) is 10.4. The van der Waals surface area contributed by atoms with E-state index < -0.39 is 0 Å². The van der Waals surface area contributed by atoms with Gasteiger partial charge in [0, 0.05) is 18.8 Å². The zero-order chi connectivity index (χ0) is 18.8. The summed E-state index contributed by atoms with van der Waals surface area (Å²) in [6.07, 6.45) is 1.03. The van der Waals surface area contributed by atoms with Crippen molar-refractivity contribution in [1.29, 1.82) is 0 Å². The Labute approximate surface area is 156 Å². The highest BCUT2D eigenvalue weighted by molar-refractivity contribution is 5.79. The van der Waals surface area contributed by atoms with Crippen molar-refractivity contribution in [3.05, 3.63) is 59.4 Å². The Bertz CT molecular complexity index is 697. The molecule has 0 spiro atoms. The lowest BCUT2D eigenvalue weighted by Gasteiger charge is -2.15. The quantitative estimate of drug-likeness (QED) is 0.561. The maximum absolute atomic E-state index is 5.22. The van der Waals surface area contributed by atoms with Crippen LogP contribution in [0.15, 0.2) is 47.5 Å². The molecule has 26 heavy (non-hydrogen) atoms. The average Bonchev–Trinajstić information content (AvgIpc) is 2.66. The molecule has 0 aliphatic rings. The highest BCUT2D eigenvalue weighted by Gasteiger charge is 2.06. The van der Waals surface area contributed by atoms with Crippen LogP contribution in [0.4, 0.5) is 0 Å². The molecular formula is C21H30N4O. The van der Waals surface area contributed by atoms with Gasteiger partial charge in [0.1, 0.15) is 5.75 Å². The van der Waals surface area contributed by atoms with Crippen LogP contribution in [0.1, 0.15) is 43.1 Å². The van der Waals surface area contributed by atoms with Gasteiger partial charge in [0.15, 0.2) is 5.96 Å². The first-order valence-electron chi connectivity index (χ1n) is 9.21. The molecule has 1 aromatic carbocycles. The summed E-state index contributed by atoms with van der Waals surface area (Å²) in [5, 5.41) is 6.71. The first-order chi connectivity index (χ1) is 12.6. The smallest absolute Gasteiger partial charge is 0.191 e. The van der Waals surface area contributed by atoms with Crippen LogP contribution in [0, 0.1) is 6.92 Å². The standard InChI is InChI=1S/C21H30N4O/c1-5-22-21(24-15-19-8-6-7-17(3)25-19)23-14-13-16(2)18-9-11-20(26-4)12-10-18/h6-12,16H,5,13-15H2,1-4H3,(H2,22,23,24). The molecule has 0 radical (unpaired) electrons. The number of hydrogen-bond donors (Lipinski definition) is 2. The highest BCUT2D eigenvalue weighted by atomic mass is 16.5. The lowest BCUT2D eigenvalue weighted by atomic mass is 9.98. The SMILES string of the molecule is CCNC(=NCc1cccc(C)n1)NCCC(C)c1ccc(OC)cc1. The maximum atomic E-state index is 5.22. The molecule has 0 aliphatic carbocycles. The molecule has 0 amide bonds. The fourth-order valence-corrected chi connectivity index (χ4v) is 2.70. The number of aliphatic imine (C=N–C) groups is 1. The van der Waals surface area contributed by atoms with Crippen LogP contribution in [-0.4, -0.2) is 31.1 Å². The van der Waals surface area contributed by atoms with E-state index in [1.54, 1.807) is 7.11 Å². The second-order valence-electron chi connectivity index (χ2n) is 6.36. The lowest BCUT2D eigenvalue weighted by Crippen LogP contribution is -2.38. The van der Waals surface area contributed by atoms with Crippen molar-refractivity contribution in [3.8, 4) is 5.75 Å². The molecule has 0 fully saturated rings. The molecule has 5 nitrogen and oxygen atoms in total. The Morgan fingerprint density at radius 2 is 1.92 bits per heavy atom. The zero-order valence-corrected chi connectivity index (χ0v) is 16.2. The van der Waals surface area contributed by atoms with Gasteiger partial charge in [-0.25, -0.2) is 4.99 Å². The molecule has 2 aromatic rings. The molecule has 0 bridgehead atoms. The van der Waals surface area contributed by atoms with Gasteiger partial charge in [-0.15, -0.1) is 0 Å². The third-order valence-corrected chi connectivity index (χ3v) is 4.24. The number of pyridine rings is 1. The van der Waals surface area contributed by atoms with Crippen molar-refractivity contribution >= 4 is 5.96 Å². The molecule has 1 atom stereocenters. The van der Waals surface area contributed by atoms with E-state index in [4.69, 9.17) is 4.74 Å². The number of aryl methyl sites for hydroxylation is 1. The number of guanidine groups is 1. The van der Waals surface area contributed by atoms with E-state index in [0.717, 1.165) is 42.6 Å². The molecule has 2 rings (SSSR count). The Balaban J connectivity index is 1.85. The van der Waals surface area contributed by atoms with Gasteiger partial charge in [-0.3, -0.25) is 4.98 Å². The van der Waals surface area contributed by atoms with Gasteiger partial charge in [0.05, 0.1) is 19.3 Å². The maximum Gasteiger partial charge on any atom is 0.191 e. The molecular weight excluding hydrogens is 324 g/mol. The van der Waals surface area contributed by atoms with E-state index in [2.05, 4.69) is 46.6 Å². The monoisotopic (exact) mass is 354 g/mol. The van der Waals surface area contributed by atoms with Crippen molar-refractivity contribution in [2.75, 3.05) is 20.2 Å². The summed E-state index contributed by atoms with van der Waals surface area (Å²) in [5.74, 6) is 2.19. The molecule has 0 saturated heterocycles. The number of aromatic nitrogens is 1. The van der Waals surface area contributed by atoms with Crippen molar-refractivity contribution in [2.45, 2.75) is 39.7 Å². The fourth-order valence-electron chi connectivity index (χ4n) is 2.70. The summed E-state index contributed by atoms with van der Waals surface area (Å²) in [6, 6.07) is 14.3. The van der Waals surface area contributed by atoms with E-state index in [1.807, 2.05) is 37.3 Å². The van der Waals surface area contributed by atoms with Gasteiger partial charge in [-0.2, -0.15) is 0 Å². The Hall–Kier alpha value is -2.56. The highest BCUT2D eigenvalue weighted by Crippen LogP contribution is 2.21. The number of ether oxygens (including phenoxy) is 1. The van der Waals surface area contributed by atoms with E-state index in [0.29, 0.717) is 12.5 Å². The summed E-state index contributed by atoms with van der Waals surface area (Å²) in [5.41, 5.74) is 3.32. The second-order valence-corrected chi connectivity index (χ2v) is 6.36. The van der Waals surface area contributed by atoms with Crippen LogP contribution >= 0.6 is 0 Å². The molecule has 5 heteroatoms. The average molecular weight is 354 g/mol. The molecule has 1 unspecified atom stereocenters. The van der Waals surface area contributed by atoms with Gasteiger partial charge < -0.3 is 15.4 Å². The molecule has 0 saturated carbocycles. The Kier molecular flexibility index (Phi) is 7.93. The number of methoxy groups -OCH3 is 1. The van der Waals surface area contributed by atoms with Gasteiger partial charge >= 0.3 is 0 Å². The lowest BCUT2D eigenvalue weighted by molar-refractivity contribution is 0.414. The number of rotatable bonds is 8. The molecule has 140 valence electrons. The number of benzene rings is 1. The minimum atomic E-state index is 0.467.